The van der Waals surface area contributed by atoms with Gasteiger partial charge in [-0.2, -0.15) is 5.26 Å². The van der Waals surface area contributed by atoms with Crippen LogP contribution in [0.25, 0.3) is 0 Å². The Morgan fingerprint density at radius 2 is 2.00 bits per heavy atom. The summed E-state index contributed by atoms with van der Waals surface area (Å²) >= 11 is 0. The van der Waals surface area contributed by atoms with E-state index in [-0.39, 0.29) is 5.60 Å². The van der Waals surface area contributed by atoms with Gasteiger partial charge in [-0.3, -0.25) is 0 Å². The molecule has 3 heteroatoms. The van der Waals surface area contributed by atoms with Gasteiger partial charge in [0.15, 0.2) is 11.5 Å². The number of hydrogen-bond acceptors (Lipinski definition) is 3. The molecule has 20 heavy (non-hydrogen) atoms. The van der Waals surface area contributed by atoms with Crippen LogP contribution in [0.3, 0.4) is 0 Å². The molecule has 0 N–H and O–H groups in total. The highest BCUT2D eigenvalue weighted by Gasteiger charge is 2.32. The summed E-state index contributed by atoms with van der Waals surface area (Å²) in [5.74, 6) is 2.15. The molecule has 100 valence electrons. The van der Waals surface area contributed by atoms with Gasteiger partial charge in [0.2, 0.25) is 0 Å². The summed E-state index contributed by atoms with van der Waals surface area (Å²) in [5.41, 5.74) is 1.54. The van der Waals surface area contributed by atoms with Gasteiger partial charge in [-0.1, -0.05) is 18.2 Å². The standard InChI is InChI=1S/C17H15NO2/c1-17(2)10-13-6-4-8-15(16(13)20-17)19-14-7-3-5-12(9-14)11-18/h3-9H,10H2,1-2H3. The van der Waals surface area contributed by atoms with Crippen molar-refractivity contribution in [3.8, 4) is 23.3 Å². The molecule has 1 heterocycles. The molecule has 0 unspecified atom stereocenters. The molecule has 3 nitrogen and oxygen atoms in total. The fraction of sp³-hybridized carbons (Fsp3) is 0.235. The maximum Gasteiger partial charge on any atom is 0.169 e. The third-order valence-corrected chi connectivity index (χ3v) is 3.25. The molecular formula is C17H15NO2. The van der Waals surface area contributed by atoms with Crippen LogP contribution in [0.4, 0.5) is 0 Å². The molecule has 3 rings (SSSR count). The predicted molar refractivity (Wildman–Crippen MR) is 76.1 cm³/mol. The molecule has 0 amide bonds. The molecule has 0 bridgehead atoms. The Morgan fingerprint density at radius 1 is 1.20 bits per heavy atom. The fourth-order valence-electron chi connectivity index (χ4n) is 2.42. The Bertz CT molecular complexity index is 698. The summed E-state index contributed by atoms with van der Waals surface area (Å²) in [6.45, 7) is 4.13. The van der Waals surface area contributed by atoms with Crippen molar-refractivity contribution in [1.29, 1.82) is 5.26 Å². The molecule has 1 aliphatic rings. The van der Waals surface area contributed by atoms with Crippen LogP contribution in [0, 0.1) is 11.3 Å². The Balaban J connectivity index is 1.94. The number of fused-ring (bicyclic) bond motifs is 1. The number of nitriles is 1. The second-order valence-corrected chi connectivity index (χ2v) is 5.52. The summed E-state index contributed by atoms with van der Waals surface area (Å²) in [6.07, 6.45) is 0.873. The Kier molecular flexibility index (Phi) is 2.87. The minimum absolute atomic E-state index is 0.198. The zero-order valence-corrected chi connectivity index (χ0v) is 11.5. The molecule has 0 spiro atoms. The van der Waals surface area contributed by atoms with Crippen LogP contribution >= 0.6 is 0 Å². The van der Waals surface area contributed by atoms with Crippen LogP contribution < -0.4 is 9.47 Å². The van der Waals surface area contributed by atoms with E-state index < -0.39 is 0 Å². The van der Waals surface area contributed by atoms with Gasteiger partial charge >= 0.3 is 0 Å². The summed E-state index contributed by atoms with van der Waals surface area (Å²) in [5, 5.41) is 8.92. The lowest BCUT2D eigenvalue weighted by Gasteiger charge is -2.18. The van der Waals surface area contributed by atoms with Crippen molar-refractivity contribution in [3.63, 3.8) is 0 Å². The Labute approximate surface area is 118 Å². The van der Waals surface area contributed by atoms with E-state index in [1.807, 2.05) is 24.3 Å². The number of rotatable bonds is 2. The van der Waals surface area contributed by atoms with E-state index in [4.69, 9.17) is 14.7 Å². The molecule has 0 aromatic heterocycles. The van der Waals surface area contributed by atoms with Crippen LogP contribution in [0.5, 0.6) is 17.2 Å². The van der Waals surface area contributed by atoms with Crippen molar-refractivity contribution in [2.75, 3.05) is 0 Å². The average Bonchev–Trinajstić information content (AvgIpc) is 2.74. The summed E-state index contributed by atoms with van der Waals surface area (Å²) in [7, 11) is 0. The highest BCUT2D eigenvalue weighted by Crippen LogP contribution is 2.43. The first kappa shape index (κ1) is 12.6. The smallest absolute Gasteiger partial charge is 0.169 e. The van der Waals surface area contributed by atoms with Crippen molar-refractivity contribution in [1.82, 2.24) is 0 Å². The van der Waals surface area contributed by atoms with E-state index in [1.54, 1.807) is 12.1 Å². The zero-order valence-electron chi connectivity index (χ0n) is 11.5. The van der Waals surface area contributed by atoms with Crippen LogP contribution in [-0.2, 0) is 6.42 Å². The summed E-state index contributed by atoms with van der Waals surface area (Å²) in [4.78, 5) is 0. The van der Waals surface area contributed by atoms with Gasteiger partial charge in [0.05, 0.1) is 11.6 Å². The molecule has 2 aromatic carbocycles. The van der Waals surface area contributed by atoms with Gasteiger partial charge in [-0.25, -0.2) is 0 Å². The van der Waals surface area contributed by atoms with Gasteiger partial charge in [0.1, 0.15) is 11.4 Å². The van der Waals surface area contributed by atoms with Gasteiger partial charge in [0, 0.05) is 12.0 Å². The molecule has 2 aromatic rings. The average molecular weight is 265 g/mol. The molecule has 0 saturated carbocycles. The van der Waals surface area contributed by atoms with E-state index in [9.17, 15) is 0 Å². The first-order chi connectivity index (χ1) is 9.57. The monoisotopic (exact) mass is 265 g/mol. The first-order valence-electron chi connectivity index (χ1n) is 6.56. The Hall–Kier alpha value is -2.47. The van der Waals surface area contributed by atoms with Gasteiger partial charge in [0.25, 0.3) is 0 Å². The number of hydrogen-bond donors (Lipinski definition) is 0. The SMILES string of the molecule is CC1(C)Cc2cccc(Oc3cccc(C#N)c3)c2O1. The molecular weight excluding hydrogens is 250 g/mol. The minimum Gasteiger partial charge on any atom is -0.483 e. The van der Waals surface area contributed by atoms with Crippen LogP contribution in [0.1, 0.15) is 25.0 Å². The highest BCUT2D eigenvalue weighted by atomic mass is 16.5. The number of para-hydroxylation sites is 1. The first-order valence-corrected chi connectivity index (χ1v) is 6.56. The fourth-order valence-corrected chi connectivity index (χ4v) is 2.42. The van der Waals surface area contributed by atoms with Crippen LogP contribution in [-0.4, -0.2) is 5.60 Å². The maximum atomic E-state index is 8.92. The van der Waals surface area contributed by atoms with Crippen molar-refractivity contribution in [2.24, 2.45) is 0 Å². The number of nitrogens with zero attached hydrogens (tertiary/aromatic N) is 1. The zero-order chi connectivity index (χ0) is 14.2. The summed E-state index contributed by atoms with van der Waals surface area (Å²) < 4.78 is 11.8. The van der Waals surface area contributed by atoms with Crippen molar-refractivity contribution in [2.45, 2.75) is 25.9 Å². The third kappa shape index (κ3) is 2.33. The second kappa shape index (κ2) is 4.57. The van der Waals surface area contributed by atoms with Crippen LogP contribution in [0.15, 0.2) is 42.5 Å². The van der Waals surface area contributed by atoms with Crippen molar-refractivity contribution in [3.05, 3.63) is 53.6 Å². The Morgan fingerprint density at radius 3 is 2.80 bits per heavy atom. The van der Waals surface area contributed by atoms with Crippen molar-refractivity contribution >= 4 is 0 Å². The lowest BCUT2D eigenvalue weighted by Crippen LogP contribution is -2.24. The van der Waals surface area contributed by atoms with Gasteiger partial charge in [-0.15, -0.1) is 0 Å². The molecule has 0 fully saturated rings. The minimum atomic E-state index is -0.198. The van der Waals surface area contributed by atoms with Gasteiger partial charge < -0.3 is 9.47 Å². The van der Waals surface area contributed by atoms with Gasteiger partial charge in [-0.05, 0) is 38.1 Å². The molecule has 0 radical (unpaired) electrons. The molecule has 1 aliphatic heterocycles. The highest BCUT2D eigenvalue weighted by molar-refractivity contribution is 5.52. The van der Waals surface area contributed by atoms with E-state index in [0.29, 0.717) is 17.1 Å². The molecule has 0 aliphatic carbocycles. The van der Waals surface area contributed by atoms with E-state index in [0.717, 1.165) is 17.7 Å². The topological polar surface area (TPSA) is 42.2 Å². The third-order valence-electron chi connectivity index (χ3n) is 3.25. The van der Waals surface area contributed by atoms with E-state index in [1.165, 1.54) is 0 Å². The lowest BCUT2D eigenvalue weighted by molar-refractivity contribution is 0.135. The van der Waals surface area contributed by atoms with Crippen LogP contribution in [0.2, 0.25) is 0 Å². The summed E-state index contributed by atoms with van der Waals surface area (Å²) in [6, 6.07) is 15.1. The normalized spacial score (nSPS) is 15.1. The number of benzene rings is 2. The largest absolute Gasteiger partial charge is 0.483 e. The lowest BCUT2D eigenvalue weighted by atomic mass is 10.0. The molecule has 0 atom stereocenters. The van der Waals surface area contributed by atoms with Crippen molar-refractivity contribution < 1.29 is 9.47 Å². The quantitative estimate of drug-likeness (QED) is 0.822. The molecule has 0 saturated heterocycles. The van der Waals surface area contributed by atoms with E-state index in [2.05, 4.69) is 26.0 Å². The predicted octanol–water partition coefficient (Wildman–Crippen LogP) is 4.06. The second-order valence-electron chi connectivity index (χ2n) is 5.52. The maximum absolute atomic E-state index is 8.92. The number of ether oxygens (including phenoxy) is 2. The van der Waals surface area contributed by atoms with E-state index >= 15 is 0 Å².